The average Bonchev–Trinajstić information content (AvgIpc) is 2.87. The van der Waals surface area contributed by atoms with Crippen LogP contribution in [-0.4, -0.2) is 34.3 Å². The van der Waals surface area contributed by atoms with Crippen molar-refractivity contribution in [2.24, 2.45) is 5.73 Å². The van der Waals surface area contributed by atoms with Crippen LogP contribution in [-0.2, 0) is 0 Å². The molecule has 1 aliphatic heterocycles. The Morgan fingerprint density at radius 3 is 2.48 bits per heavy atom. The van der Waals surface area contributed by atoms with E-state index in [0.717, 1.165) is 25.9 Å². The van der Waals surface area contributed by atoms with E-state index in [1.54, 1.807) is 0 Å². The molecule has 0 atom stereocenters. The molecule has 1 aromatic heterocycles. The second kappa shape index (κ2) is 5.69. The zero-order chi connectivity index (χ0) is 15.0. The fraction of sp³-hybridized carbons (Fsp3) is 0.385. The predicted molar refractivity (Wildman–Crippen MR) is 78.9 cm³/mol. The monoisotopic (exact) mass is 357 g/mol. The van der Waals surface area contributed by atoms with Crippen molar-refractivity contribution in [1.29, 1.82) is 0 Å². The van der Waals surface area contributed by atoms with Crippen LogP contribution >= 0.6 is 15.9 Å². The number of aromatic nitrogens is 3. The fourth-order valence-electron chi connectivity index (χ4n) is 2.37. The molecule has 2 heterocycles. The summed E-state index contributed by atoms with van der Waals surface area (Å²) in [6.45, 7) is 1.48. The summed E-state index contributed by atoms with van der Waals surface area (Å²) in [6.07, 6.45) is 1.70. The topological polar surface area (TPSA) is 70.8 Å². The van der Waals surface area contributed by atoms with Crippen LogP contribution < -0.4 is 10.6 Å². The minimum atomic E-state index is -0.690. The van der Waals surface area contributed by atoms with Gasteiger partial charge in [0.15, 0.2) is 5.82 Å². The van der Waals surface area contributed by atoms with Crippen molar-refractivity contribution in [1.82, 2.24) is 15.2 Å². The largest absolute Gasteiger partial charge is 0.339 e. The van der Waals surface area contributed by atoms with Gasteiger partial charge in [0.05, 0.1) is 5.56 Å². The van der Waals surface area contributed by atoms with Gasteiger partial charge in [-0.25, -0.2) is 8.78 Å². The van der Waals surface area contributed by atoms with E-state index < -0.39 is 11.6 Å². The molecule has 5 nitrogen and oxygen atoms in total. The highest BCUT2D eigenvalue weighted by Crippen LogP contribution is 2.28. The number of halogens is 3. The highest BCUT2D eigenvalue weighted by atomic mass is 79.9. The Hall–Kier alpha value is -1.54. The average molecular weight is 358 g/mol. The van der Waals surface area contributed by atoms with Crippen LogP contribution in [0.4, 0.5) is 14.7 Å². The third-order valence-corrected chi connectivity index (χ3v) is 4.00. The summed E-state index contributed by atoms with van der Waals surface area (Å²) in [7, 11) is 0. The summed E-state index contributed by atoms with van der Waals surface area (Å²) >= 11 is 3.05. The summed E-state index contributed by atoms with van der Waals surface area (Å²) < 4.78 is 28.2. The maximum Gasteiger partial charge on any atom is 0.245 e. The smallest absolute Gasteiger partial charge is 0.245 e. The number of nitrogens with zero attached hydrogens (tertiary/aromatic N) is 3. The highest BCUT2D eigenvalue weighted by molar-refractivity contribution is 9.10. The molecule has 8 heteroatoms. The van der Waals surface area contributed by atoms with E-state index in [1.165, 1.54) is 12.1 Å². The van der Waals surface area contributed by atoms with Crippen LogP contribution in [0.25, 0.3) is 11.4 Å². The van der Waals surface area contributed by atoms with Crippen LogP contribution in [0.15, 0.2) is 16.6 Å². The van der Waals surface area contributed by atoms with Crippen LogP contribution in [0.3, 0.4) is 0 Å². The van der Waals surface area contributed by atoms with Gasteiger partial charge in [0, 0.05) is 23.6 Å². The molecule has 0 radical (unpaired) electrons. The van der Waals surface area contributed by atoms with Crippen molar-refractivity contribution in [3.8, 4) is 11.4 Å². The van der Waals surface area contributed by atoms with Gasteiger partial charge >= 0.3 is 0 Å². The van der Waals surface area contributed by atoms with E-state index in [2.05, 4.69) is 31.1 Å². The first kappa shape index (κ1) is 14.4. The zero-order valence-electron chi connectivity index (χ0n) is 11.1. The molecule has 3 N–H and O–H groups in total. The molecule has 0 spiro atoms. The number of benzene rings is 1. The molecule has 0 unspecified atom stereocenters. The molecule has 1 saturated heterocycles. The Morgan fingerprint density at radius 1 is 1.24 bits per heavy atom. The van der Waals surface area contributed by atoms with Gasteiger partial charge in [-0.2, -0.15) is 4.98 Å². The third-order valence-electron chi connectivity index (χ3n) is 3.54. The van der Waals surface area contributed by atoms with Gasteiger partial charge in [-0.15, -0.1) is 5.10 Å². The highest BCUT2D eigenvalue weighted by Gasteiger charge is 2.22. The fourth-order valence-corrected chi connectivity index (χ4v) is 2.78. The molecule has 0 saturated carbocycles. The van der Waals surface area contributed by atoms with Crippen LogP contribution in [0, 0.1) is 11.6 Å². The normalized spacial score (nSPS) is 16.5. The summed E-state index contributed by atoms with van der Waals surface area (Å²) in [4.78, 5) is 6.16. The first-order valence-corrected chi connectivity index (χ1v) is 7.41. The first-order valence-electron chi connectivity index (χ1n) is 6.62. The Morgan fingerprint density at radius 2 is 1.86 bits per heavy atom. The molecule has 0 bridgehead atoms. The van der Waals surface area contributed by atoms with Crippen molar-refractivity contribution in [3.05, 3.63) is 28.2 Å². The lowest BCUT2D eigenvalue weighted by Crippen LogP contribution is -2.40. The summed E-state index contributed by atoms with van der Waals surface area (Å²) in [5, 5.41) is 6.65. The summed E-state index contributed by atoms with van der Waals surface area (Å²) in [5.74, 6) is -0.850. The standard InChI is InChI=1S/C13H14BrF2N5/c14-7-5-9(15)11(10(16)6-7)12-18-13(20-19-12)21-3-1-8(17)2-4-21/h5-6,8H,1-4,17H2,(H,18,19,20). The van der Waals surface area contributed by atoms with E-state index in [9.17, 15) is 8.78 Å². The predicted octanol–water partition coefficient (Wildman–Crippen LogP) is 2.44. The minimum Gasteiger partial charge on any atom is -0.339 e. The van der Waals surface area contributed by atoms with Gasteiger partial charge in [-0.1, -0.05) is 15.9 Å². The second-order valence-electron chi connectivity index (χ2n) is 5.05. The van der Waals surface area contributed by atoms with Gasteiger partial charge in [-0.3, -0.25) is 5.10 Å². The quantitative estimate of drug-likeness (QED) is 0.865. The van der Waals surface area contributed by atoms with Crippen LogP contribution in [0.5, 0.6) is 0 Å². The number of anilines is 1. The van der Waals surface area contributed by atoms with E-state index in [0.29, 0.717) is 10.4 Å². The lowest BCUT2D eigenvalue weighted by Gasteiger charge is -2.28. The van der Waals surface area contributed by atoms with Gasteiger partial charge in [0.1, 0.15) is 11.6 Å². The Labute approximate surface area is 128 Å². The van der Waals surface area contributed by atoms with Gasteiger partial charge < -0.3 is 10.6 Å². The maximum atomic E-state index is 13.9. The second-order valence-corrected chi connectivity index (χ2v) is 5.97. The molecular weight excluding hydrogens is 344 g/mol. The first-order chi connectivity index (χ1) is 10.0. The molecule has 1 fully saturated rings. The van der Waals surface area contributed by atoms with Crippen molar-refractivity contribution in [2.75, 3.05) is 18.0 Å². The van der Waals surface area contributed by atoms with Crippen LogP contribution in [0.1, 0.15) is 12.8 Å². The number of hydrogen-bond donors (Lipinski definition) is 2. The number of hydrogen-bond acceptors (Lipinski definition) is 4. The van der Waals surface area contributed by atoms with Crippen molar-refractivity contribution in [2.45, 2.75) is 18.9 Å². The summed E-state index contributed by atoms with van der Waals surface area (Å²) in [6, 6.07) is 2.59. The Bertz CT molecular complexity index is 629. The molecule has 2 aromatic rings. The molecule has 0 aliphatic carbocycles. The number of nitrogens with one attached hydrogen (secondary N) is 1. The Kier molecular flexibility index (Phi) is 3.90. The van der Waals surface area contributed by atoms with E-state index in [-0.39, 0.29) is 17.4 Å². The molecule has 3 rings (SSSR count). The lowest BCUT2D eigenvalue weighted by atomic mass is 10.1. The van der Waals surface area contributed by atoms with Gasteiger partial charge in [0.25, 0.3) is 0 Å². The lowest BCUT2D eigenvalue weighted by molar-refractivity contribution is 0.496. The van der Waals surface area contributed by atoms with Crippen molar-refractivity contribution in [3.63, 3.8) is 0 Å². The van der Waals surface area contributed by atoms with Gasteiger partial charge in [-0.05, 0) is 25.0 Å². The molecule has 112 valence electrons. The SMILES string of the molecule is NC1CCN(c2n[nH]c(-c3c(F)cc(Br)cc3F)n2)CC1. The summed E-state index contributed by atoms with van der Waals surface area (Å²) in [5.41, 5.74) is 5.64. The molecule has 1 aliphatic rings. The maximum absolute atomic E-state index is 13.9. The van der Waals surface area contributed by atoms with Gasteiger partial charge in [0.2, 0.25) is 5.95 Å². The van der Waals surface area contributed by atoms with Crippen molar-refractivity contribution < 1.29 is 8.78 Å². The number of nitrogens with two attached hydrogens (primary N) is 1. The molecule has 1 aromatic carbocycles. The Balaban J connectivity index is 1.89. The van der Waals surface area contributed by atoms with E-state index in [1.807, 2.05) is 4.90 Å². The van der Waals surface area contributed by atoms with Crippen molar-refractivity contribution >= 4 is 21.9 Å². The molecular formula is C13H14BrF2N5. The number of piperidine rings is 1. The van der Waals surface area contributed by atoms with Crippen LogP contribution in [0.2, 0.25) is 0 Å². The number of H-pyrrole nitrogens is 1. The minimum absolute atomic E-state index is 0.0855. The van der Waals surface area contributed by atoms with E-state index >= 15 is 0 Å². The third kappa shape index (κ3) is 2.91. The van der Waals surface area contributed by atoms with E-state index in [4.69, 9.17) is 5.73 Å². The molecule has 0 amide bonds. The number of aromatic amines is 1. The molecule has 21 heavy (non-hydrogen) atoms. The number of rotatable bonds is 2. The zero-order valence-corrected chi connectivity index (χ0v) is 12.7.